The van der Waals surface area contributed by atoms with Crippen molar-refractivity contribution in [2.24, 2.45) is 5.92 Å². The van der Waals surface area contributed by atoms with Gasteiger partial charge in [0.2, 0.25) is 0 Å². The molecule has 0 aliphatic carbocycles. The van der Waals surface area contributed by atoms with E-state index in [9.17, 15) is 14.7 Å². The second-order valence-electron chi connectivity index (χ2n) is 7.72. The number of ketones is 1. The molecule has 0 spiro atoms. The molecule has 1 aliphatic heterocycles. The van der Waals surface area contributed by atoms with Gasteiger partial charge >= 0.3 is 5.97 Å². The first-order valence-electron chi connectivity index (χ1n) is 10.0. The number of benzene rings is 1. The summed E-state index contributed by atoms with van der Waals surface area (Å²) in [6, 6.07) is 15.0. The summed E-state index contributed by atoms with van der Waals surface area (Å²) in [6.45, 7) is 3.02. The van der Waals surface area contributed by atoms with Gasteiger partial charge in [0.25, 0.3) is 0 Å². The molecule has 154 valence electrons. The normalized spacial score (nSPS) is 17.4. The Balaban J connectivity index is 1.66. The molecule has 7 heteroatoms. The number of carboxylic acids is 1. The van der Waals surface area contributed by atoms with E-state index in [1.54, 1.807) is 35.4 Å². The number of nitrogens with zero attached hydrogens (tertiary/aromatic N) is 4. The van der Waals surface area contributed by atoms with Crippen LogP contribution < -0.4 is 0 Å². The molecule has 3 heterocycles. The summed E-state index contributed by atoms with van der Waals surface area (Å²) in [5.74, 6) is -0.533. The number of Topliss-reactive ketones (excluding diaryl/α,β-unsaturated/α-hetero) is 1. The van der Waals surface area contributed by atoms with Gasteiger partial charge < -0.3 is 5.11 Å². The Morgan fingerprint density at radius 1 is 1.07 bits per heavy atom. The van der Waals surface area contributed by atoms with Crippen LogP contribution in [0.25, 0.3) is 5.82 Å². The number of rotatable bonds is 6. The first-order chi connectivity index (χ1) is 14.5. The Bertz CT molecular complexity index is 1010. The Hall–Kier alpha value is -3.32. The van der Waals surface area contributed by atoms with Crippen molar-refractivity contribution in [2.45, 2.75) is 25.3 Å². The van der Waals surface area contributed by atoms with Crippen LogP contribution in [-0.2, 0) is 10.3 Å². The number of pyridine rings is 1. The highest BCUT2D eigenvalue weighted by atomic mass is 16.4. The molecule has 0 radical (unpaired) electrons. The van der Waals surface area contributed by atoms with Crippen molar-refractivity contribution in [3.05, 3.63) is 78.2 Å². The molecule has 7 nitrogen and oxygen atoms in total. The van der Waals surface area contributed by atoms with Crippen molar-refractivity contribution in [2.75, 3.05) is 13.1 Å². The Labute approximate surface area is 175 Å². The molecule has 2 aromatic heterocycles. The van der Waals surface area contributed by atoms with Crippen molar-refractivity contribution >= 4 is 11.8 Å². The lowest BCUT2D eigenvalue weighted by atomic mass is 9.81. The Kier molecular flexibility index (Phi) is 5.46. The quantitative estimate of drug-likeness (QED) is 0.635. The van der Waals surface area contributed by atoms with Gasteiger partial charge in [-0.25, -0.2) is 9.67 Å². The van der Waals surface area contributed by atoms with Crippen molar-refractivity contribution in [1.82, 2.24) is 19.7 Å². The van der Waals surface area contributed by atoms with Gasteiger partial charge in [-0.05, 0) is 43.5 Å². The van der Waals surface area contributed by atoms with Gasteiger partial charge in [0.1, 0.15) is 5.54 Å². The van der Waals surface area contributed by atoms with E-state index in [0.29, 0.717) is 37.3 Å². The molecule has 4 rings (SSSR count). The maximum absolute atomic E-state index is 13.8. The van der Waals surface area contributed by atoms with Crippen LogP contribution in [0.4, 0.5) is 0 Å². The zero-order chi connectivity index (χ0) is 21.1. The molecular weight excluding hydrogens is 380 g/mol. The van der Waals surface area contributed by atoms with Crippen LogP contribution in [0.1, 0.15) is 35.7 Å². The van der Waals surface area contributed by atoms with Crippen LogP contribution in [0.3, 0.4) is 0 Å². The van der Waals surface area contributed by atoms with Crippen LogP contribution in [0, 0.1) is 5.92 Å². The first kappa shape index (κ1) is 20.0. The van der Waals surface area contributed by atoms with Crippen molar-refractivity contribution in [3.8, 4) is 5.82 Å². The highest BCUT2D eigenvalue weighted by Crippen LogP contribution is 2.35. The lowest BCUT2D eigenvalue weighted by molar-refractivity contribution is -0.143. The molecule has 1 aliphatic rings. The summed E-state index contributed by atoms with van der Waals surface area (Å²) in [7, 11) is 0. The van der Waals surface area contributed by atoms with Crippen molar-refractivity contribution in [3.63, 3.8) is 0 Å². The number of piperidine rings is 1. The average Bonchev–Trinajstić information content (AvgIpc) is 3.34. The molecule has 3 aromatic rings. The molecule has 0 saturated carbocycles. The van der Waals surface area contributed by atoms with E-state index in [-0.39, 0.29) is 11.7 Å². The number of hydrogen-bond acceptors (Lipinski definition) is 5. The Morgan fingerprint density at radius 3 is 2.37 bits per heavy atom. The van der Waals surface area contributed by atoms with Gasteiger partial charge in [-0.3, -0.25) is 14.5 Å². The van der Waals surface area contributed by atoms with Crippen LogP contribution in [0.15, 0.2) is 67.1 Å². The summed E-state index contributed by atoms with van der Waals surface area (Å²) in [5, 5.41) is 13.5. The van der Waals surface area contributed by atoms with E-state index in [4.69, 9.17) is 0 Å². The maximum Gasteiger partial charge on any atom is 0.306 e. The van der Waals surface area contributed by atoms with E-state index in [1.807, 2.05) is 43.3 Å². The largest absolute Gasteiger partial charge is 0.481 e. The molecular formula is C23H24N4O3. The predicted octanol–water partition coefficient (Wildman–Crippen LogP) is 3.16. The minimum Gasteiger partial charge on any atom is -0.481 e. The number of carbonyl (C=O) groups excluding carboxylic acids is 1. The van der Waals surface area contributed by atoms with E-state index in [1.165, 1.54) is 0 Å². The lowest BCUT2D eigenvalue weighted by Gasteiger charge is -2.43. The fourth-order valence-electron chi connectivity index (χ4n) is 4.13. The van der Waals surface area contributed by atoms with E-state index < -0.39 is 11.5 Å². The van der Waals surface area contributed by atoms with Gasteiger partial charge in [0, 0.05) is 37.2 Å². The van der Waals surface area contributed by atoms with Crippen LogP contribution >= 0.6 is 0 Å². The lowest BCUT2D eigenvalue weighted by Crippen LogP contribution is -2.53. The molecule has 1 saturated heterocycles. The number of aliphatic carboxylic acids is 1. The predicted molar refractivity (Wildman–Crippen MR) is 111 cm³/mol. The third-order valence-electron chi connectivity index (χ3n) is 6.00. The molecule has 1 atom stereocenters. The zero-order valence-electron chi connectivity index (χ0n) is 16.8. The van der Waals surface area contributed by atoms with Gasteiger partial charge in [0.15, 0.2) is 11.6 Å². The van der Waals surface area contributed by atoms with Crippen molar-refractivity contribution in [1.29, 1.82) is 0 Å². The van der Waals surface area contributed by atoms with Crippen molar-refractivity contribution < 1.29 is 14.7 Å². The van der Waals surface area contributed by atoms with Gasteiger partial charge in [-0.1, -0.05) is 30.3 Å². The number of hydrogen-bond donors (Lipinski definition) is 1. The van der Waals surface area contributed by atoms with E-state index in [2.05, 4.69) is 15.0 Å². The van der Waals surface area contributed by atoms with Crippen LogP contribution in [0.5, 0.6) is 0 Å². The monoisotopic (exact) mass is 404 g/mol. The highest BCUT2D eigenvalue weighted by Gasteiger charge is 2.43. The SMILES string of the molecule is CC(C(=O)c1ccc(-n2cccn2)nc1)(c1ccccc1)N1CCC(C(=O)O)CC1. The second kappa shape index (κ2) is 8.20. The summed E-state index contributed by atoms with van der Waals surface area (Å²) in [5.41, 5.74) is 0.497. The summed E-state index contributed by atoms with van der Waals surface area (Å²) >= 11 is 0. The molecule has 1 unspecified atom stereocenters. The molecule has 0 bridgehead atoms. The molecule has 1 fully saturated rings. The highest BCUT2D eigenvalue weighted by molar-refractivity contribution is 6.03. The van der Waals surface area contributed by atoms with Gasteiger partial charge in [0.05, 0.1) is 5.92 Å². The standard InChI is InChI=1S/C23H24N4O3/c1-23(19-6-3-2-4-7-19,26-14-10-17(11-15-26)22(29)30)21(28)18-8-9-20(24-16-18)27-13-5-12-25-27/h2-9,12-13,16-17H,10-11,14-15H2,1H3,(H,29,30). The topological polar surface area (TPSA) is 88.3 Å². The summed E-state index contributed by atoms with van der Waals surface area (Å²) < 4.78 is 1.64. The molecule has 1 aromatic carbocycles. The van der Waals surface area contributed by atoms with E-state index >= 15 is 0 Å². The number of likely N-dealkylation sites (tertiary alicyclic amines) is 1. The number of carboxylic acid groups (broad SMARTS) is 1. The third-order valence-corrected chi connectivity index (χ3v) is 6.00. The zero-order valence-corrected chi connectivity index (χ0v) is 16.8. The summed E-state index contributed by atoms with van der Waals surface area (Å²) in [6.07, 6.45) is 6.12. The second-order valence-corrected chi connectivity index (χ2v) is 7.72. The minimum absolute atomic E-state index is 0.0537. The molecule has 0 amide bonds. The average molecular weight is 404 g/mol. The fourth-order valence-corrected chi connectivity index (χ4v) is 4.13. The fraction of sp³-hybridized carbons (Fsp3) is 0.304. The minimum atomic E-state index is -0.903. The van der Waals surface area contributed by atoms with Crippen LogP contribution in [0.2, 0.25) is 0 Å². The number of aromatic nitrogens is 3. The molecule has 1 N–H and O–H groups in total. The smallest absolute Gasteiger partial charge is 0.306 e. The number of carbonyl (C=O) groups is 2. The van der Waals surface area contributed by atoms with Crippen LogP contribution in [-0.4, -0.2) is 49.6 Å². The van der Waals surface area contributed by atoms with Gasteiger partial charge in [-0.2, -0.15) is 5.10 Å². The van der Waals surface area contributed by atoms with Gasteiger partial charge in [-0.15, -0.1) is 0 Å². The Morgan fingerprint density at radius 2 is 1.80 bits per heavy atom. The molecule has 30 heavy (non-hydrogen) atoms. The maximum atomic E-state index is 13.8. The first-order valence-corrected chi connectivity index (χ1v) is 10.0. The third kappa shape index (κ3) is 3.64. The van der Waals surface area contributed by atoms with E-state index in [0.717, 1.165) is 5.56 Å². The summed E-state index contributed by atoms with van der Waals surface area (Å²) in [4.78, 5) is 31.6.